The fourth-order valence-electron chi connectivity index (χ4n) is 2.72. The number of fused-ring (bicyclic) bond motifs is 1. The second-order valence-electron chi connectivity index (χ2n) is 6.26. The number of aromatic nitrogens is 2. The monoisotopic (exact) mass is 431 g/mol. The largest absolute Gasteiger partial charge is 0.486 e. The maximum Gasteiger partial charge on any atom is 0.322 e. The molecule has 1 aliphatic rings. The molecule has 1 aliphatic heterocycles. The number of carbonyl (C=O) groups is 1. The van der Waals surface area contributed by atoms with Crippen LogP contribution in [0.2, 0.25) is 5.02 Å². The smallest absolute Gasteiger partial charge is 0.322 e. The number of ether oxygens (including phenoxy) is 2. The van der Waals surface area contributed by atoms with Crippen LogP contribution in [0.3, 0.4) is 0 Å². The van der Waals surface area contributed by atoms with Gasteiger partial charge in [-0.15, -0.1) is 16.9 Å². The van der Waals surface area contributed by atoms with Gasteiger partial charge in [-0.2, -0.15) is 0 Å². The summed E-state index contributed by atoms with van der Waals surface area (Å²) < 4.78 is 16.6. The SMILES string of the molecule is O=C(CCSc1ccc(Cl)cc1)Nc1nnc(Cc2ccc3c(c2)OCCO3)o1. The summed E-state index contributed by atoms with van der Waals surface area (Å²) in [4.78, 5) is 13.1. The van der Waals surface area contributed by atoms with E-state index in [0.29, 0.717) is 48.5 Å². The van der Waals surface area contributed by atoms with Gasteiger partial charge in [0.25, 0.3) is 0 Å². The van der Waals surface area contributed by atoms with Crippen LogP contribution in [0.5, 0.6) is 11.5 Å². The van der Waals surface area contributed by atoms with Crippen LogP contribution >= 0.6 is 23.4 Å². The van der Waals surface area contributed by atoms with Crippen molar-refractivity contribution in [1.82, 2.24) is 10.2 Å². The van der Waals surface area contributed by atoms with Gasteiger partial charge >= 0.3 is 6.01 Å². The summed E-state index contributed by atoms with van der Waals surface area (Å²) >= 11 is 7.44. The van der Waals surface area contributed by atoms with E-state index >= 15 is 0 Å². The first-order chi connectivity index (χ1) is 14.2. The molecule has 150 valence electrons. The first-order valence-electron chi connectivity index (χ1n) is 9.05. The Kier molecular flexibility index (Phi) is 6.21. The van der Waals surface area contributed by atoms with Crippen molar-refractivity contribution in [2.75, 3.05) is 24.3 Å². The average molecular weight is 432 g/mol. The second kappa shape index (κ2) is 9.19. The molecule has 0 spiro atoms. The Morgan fingerprint density at radius 1 is 1.07 bits per heavy atom. The first-order valence-corrected chi connectivity index (χ1v) is 10.4. The molecule has 0 bridgehead atoms. The molecule has 2 heterocycles. The van der Waals surface area contributed by atoms with Crippen molar-refractivity contribution >= 4 is 35.3 Å². The van der Waals surface area contributed by atoms with Gasteiger partial charge in [0.2, 0.25) is 11.8 Å². The van der Waals surface area contributed by atoms with Crippen LogP contribution in [0, 0.1) is 0 Å². The first kappa shape index (κ1) is 19.6. The second-order valence-corrected chi connectivity index (χ2v) is 7.86. The van der Waals surface area contributed by atoms with Crippen molar-refractivity contribution in [3.63, 3.8) is 0 Å². The van der Waals surface area contributed by atoms with Gasteiger partial charge in [0.1, 0.15) is 13.2 Å². The molecule has 0 saturated heterocycles. The van der Waals surface area contributed by atoms with Crippen LogP contribution < -0.4 is 14.8 Å². The number of thioether (sulfide) groups is 1. The molecule has 4 rings (SSSR count). The van der Waals surface area contributed by atoms with Crippen molar-refractivity contribution in [1.29, 1.82) is 0 Å². The van der Waals surface area contributed by atoms with Crippen molar-refractivity contribution in [3.8, 4) is 11.5 Å². The van der Waals surface area contributed by atoms with Gasteiger partial charge in [-0.05, 0) is 42.0 Å². The van der Waals surface area contributed by atoms with E-state index in [2.05, 4.69) is 15.5 Å². The highest BCUT2D eigenvalue weighted by Crippen LogP contribution is 2.31. The van der Waals surface area contributed by atoms with E-state index in [1.807, 2.05) is 42.5 Å². The Morgan fingerprint density at radius 3 is 2.69 bits per heavy atom. The number of hydrogen-bond acceptors (Lipinski definition) is 7. The third-order valence-electron chi connectivity index (χ3n) is 4.09. The molecule has 0 radical (unpaired) electrons. The molecular formula is C20H18ClN3O4S. The maximum absolute atomic E-state index is 12.1. The third kappa shape index (κ3) is 5.42. The number of benzene rings is 2. The predicted octanol–water partition coefficient (Wildman–Crippen LogP) is 4.21. The lowest BCUT2D eigenvalue weighted by Gasteiger charge is -2.18. The molecule has 0 saturated carbocycles. The quantitative estimate of drug-likeness (QED) is 0.561. The van der Waals surface area contributed by atoms with Crippen LogP contribution in [0.15, 0.2) is 51.8 Å². The number of carbonyl (C=O) groups excluding carboxylic acids is 1. The minimum Gasteiger partial charge on any atom is -0.486 e. The molecule has 0 aliphatic carbocycles. The third-order valence-corrected chi connectivity index (χ3v) is 5.35. The van der Waals surface area contributed by atoms with E-state index in [0.717, 1.165) is 16.2 Å². The lowest BCUT2D eigenvalue weighted by atomic mass is 10.1. The van der Waals surface area contributed by atoms with Crippen molar-refractivity contribution < 1.29 is 18.7 Å². The van der Waals surface area contributed by atoms with Gasteiger partial charge in [0.05, 0.1) is 6.42 Å². The topological polar surface area (TPSA) is 86.5 Å². The molecule has 1 N–H and O–H groups in total. The van der Waals surface area contributed by atoms with Crippen LogP contribution in [0.1, 0.15) is 17.9 Å². The summed E-state index contributed by atoms with van der Waals surface area (Å²) in [6.07, 6.45) is 0.763. The van der Waals surface area contributed by atoms with E-state index in [9.17, 15) is 4.79 Å². The van der Waals surface area contributed by atoms with Crippen LogP contribution in [-0.2, 0) is 11.2 Å². The fraction of sp³-hybridized carbons (Fsp3) is 0.250. The van der Waals surface area contributed by atoms with Gasteiger partial charge in [-0.3, -0.25) is 10.1 Å². The Hall–Kier alpha value is -2.71. The maximum atomic E-state index is 12.1. The number of hydrogen-bond donors (Lipinski definition) is 1. The van der Waals surface area contributed by atoms with Gasteiger partial charge in [-0.1, -0.05) is 22.8 Å². The average Bonchev–Trinajstić information content (AvgIpc) is 3.16. The standard InChI is InChI=1S/C20H18ClN3O4S/c21-14-2-4-15(5-3-14)29-10-7-18(25)22-20-24-23-19(28-20)12-13-1-6-16-17(11-13)27-9-8-26-16/h1-6,11H,7-10,12H2,(H,22,24,25). The normalized spacial score (nSPS) is 12.6. The summed E-state index contributed by atoms with van der Waals surface area (Å²) in [7, 11) is 0. The van der Waals surface area contributed by atoms with Gasteiger partial charge in [0, 0.05) is 22.1 Å². The summed E-state index contributed by atoms with van der Waals surface area (Å²) in [5.41, 5.74) is 0.954. The highest BCUT2D eigenvalue weighted by atomic mass is 35.5. The molecule has 2 aromatic carbocycles. The van der Waals surface area contributed by atoms with Gasteiger partial charge in [-0.25, -0.2) is 0 Å². The fourth-order valence-corrected chi connectivity index (χ4v) is 3.70. The van der Waals surface area contributed by atoms with Crippen molar-refractivity contribution in [2.45, 2.75) is 17.7 Å². The minimum atomic E-state index is -0.180. The highest BCUT2D eigenvalue weighted by molar-refractivity contribution is 7.99. The summed E-state index contributed by atoms with van der Waals surface area (Å²) in [6, 6.07) is 13.3. The van der Waals surface area contributed by atoms with Crippen molar-refractivity contribution in [3.05, 3.63) is 58.9 Å². The molecule has 3 aromatic rings. The summed E-state index contributed by atoms with van der Waals surface area (Å²) in [5.74, 6) is 2.30. The van der Waals surface area contributed by atoms with E-state index in [1.165, 1.54) is 0 Å². The van der Waals surface area contributed by atoms with E-state index < -0.39 is 0 Å². The lowest BCUT2D eigenvalue weighted by molar-refractivity contribution is -0.115. The summed E-state index contributed by atoms with van der Waals surface area (Å²) in [6.45, 7) is 1.08. The van der Waals surface area contributed by atoms with E-state index in [1.54, 1.807) is 11.8 Å². The molecule has 1 aromatic heterocycles. The minimum absolute atomic E-state index is 0.0963. The molecule has 1 amide bonds. The summed E-state index contributed by atoms with van der Waals surface area (Å²) in [5, 5.41) is 11.2. The lowest BCUT2D eigenvalue weighted by Crippen LogP contribution is -2.15. The van der Waals surface area contributed by atoms with Crippen LogP contribution in [0.25, 0.3) is 0 Å². The zero-order valence-corrected chi connectivity index (χ0v) is 17.0. The highest BCUT2D eigenvalue weighted by Gasteiger charge is 2.14. The zero-order chi connectivity index (χ0) is 20.1. The zero-order valence-electron chi connectivity index (χ0n) is 15.4. The Morgan fingerprint density at radius 2 is 1.86 bits per heavy atom. The Labute approximate surface area is 176 Å². The number of nitrogens with zero attached hydrogens (tertiary/aromatic N) is 2. The predicted molar refractivity (Wildman–Crippen MR) is 110 cm³/mol. The number of halogens is 1. The molecule has 9 heteroatoms. The van der Waals surface area contributed by atoms with Gasteiger partial charge < -0.3 is 13.9 Å². The number of rotatable bonds is 7. The Bertz CT molecular complexity index is 994. The molecule has 0 unspecified atom stereocenters. The molecule has 0 atom stereocenters. The molecule has 0 fully saturated rings. The number of amides is 1. The van der Waals surface area contributed by atoms with Crippen LogP contribution in [0.4, 0.5) is 6.01 Å². The molecular weight excluding hydrogens is 414 g/mol. The van der Waals surface area contributed by atoms with E-state index in [-0.39, 0.29) is 11.9 Å². The number of nitrogens with one attached hydrogen (secondary N) is 1. The van der Waals surface area contributed by atoms with Gasteiger partial charge in [0.15, 0.2) is 11.5 Å². The number of anilines is 1. The molecule has 7 nitrogen and oxygen atoms in total. The van der Waals surface area contributed by atoms with Crippen LogP contribution in [-0.4, -0.2) is 35.1 Å². The molecule has 29 heavy (non-hydrogen) atoms. The van der Waals surface area contributed by atoms with Crippen molar-refractivity contribution in [2.24, 2.45) is 0 Å². The Balaban J connectivity index is 1.26. The van der Waals surface area contributed by atoms with E-state index in [4.69, 9.17) is 25.5 Å².